The van der Waals surface area contributed by atoms with Crippen LogP contribution in [0, 0.1) is 0 Å². The lowest BCUT2D eigenvalue weighted by Crippen LogP contribution is -2.06. The number of nitrogens with zero attached hydrogens (tertiary/aromatic N) is 1. The minimum absolute atomic E-state index is 0.0997. The van der Waals surface area contributed by atoms with Crippen molar-refractivity contribution in [3.05, 3.63) is 64.5 Å². The van der Waals surface area contributed by atoms with Crippen molar-refractivity contribution in [1.29, 1.82) is 0 Å². The van der Waals surface area contributed by atoms with Crippen molar-refractivity contribution in [2.45, 2.75) is 13.1 Å². The van der Waals surface area contributed by atoms with Crippen molar-refractivity contribution >= 4 is 17.3 Å². The smallest absolute Gasteiger partial charge is 0.417 e. The molecule has 3 aromatic rings. The summed E-state index contributed by atoms with van der Waals surface area (Å²) in [6, 6.07) is 12.1. The SMILES string of the molecule is CCOC(=O)c1nc(-c2cccc(-c3ccccc3C(F)(F)F)c2)cs1. The highest BCUT2D eigenvalue weighted by Crippen LogP contribution is 2.38. The van der Waals surface area contributed by atoms with Crippen LogP contribution in [-0.2, 0) is 10.9 Å². The van der Waals surface area contributed by atoms with E-state index in [-0.39, 0.29) is 17.2 Å². The summed E-state index contributed by atoms with van der Waals surface area (Å²) in [7, 11) is 0. The predicted molar refractivity (Wildman–Crippen MR) is 93.9 cm³/mol. The minimum Gasteiger partial charge on any atom is -0.461 e. The fraction of sp³-hybridized carbons (Fsp3) is 0.158. The van der Waals surface area contributed by atoms with Crippen molar-refractivity contribution in [2.75, 3.05) is 6.61 Å². The molecule has 0 fully saturated rings. The second kappa shape index (κ2) is 7.29. The summed E-state index contributed by atoms with van der Waals surface area (Å²) in [5.41, 5.74) is 0.988. The number of halogens is 3. The summed E-state index contributed by atoms with van der Waals surface area (Å²) in [6.45, 7) is 1.95. The van der Waals surface area contributed by atoms with Gasteiger partial charge in [0, 0.05) is 10.9 Å². The molecule has 0 bridgehead atoms. The average molecular weight is 377 g/mol. The molecule has 7 heteroatoms. The molecule has 0 aliphatic heterocycles. The number of benzene rings is 2. The average Bonchev–Trinajstić information content (AvgIpc) is 3.12. The molecule has 2 aromatic carbocycles. The number of carbonyl (C=O) groups is 1. The third-order valence-corrected chi connectivity index (χ3v) is 4.48. The van der Waals surface area contributed by atoms with E-state index in [1.807, 2.05) is 0 Å². The van der Waals surface area contributed by atoms with Gasteiger partial charge in [-0.2, -0.15) is 13.2 Å². The Labute approximate surface area is 152 Å². The van der Waals surface area contributed by atoms with Gasteiger partial charge in [-0.05, 0) is 30.2 Å². The van der Waals surface area contributed by atoms with Gasteiger partial charge in [0.15, 0.2) is 0 Å². The Balaban J connectivity index is 1.99. The van der Waals surface area contributed by atoms with E-state index >= 15 is 0 Å². The zero-order valence-electron chi connectivity index (χ0n) is 13.7. The van der Waals surface area contributed by atoms with Gasteiger partial charge in [0.25, 0.3) is 0 Å². The largest absolute Gasteiger partial charge is 0.461 e. The maximum absolute atomic E-state index is 13.3. The van der Waals surface area contributed by atoms with E-state index in [1.54, 1.807) is 42.6 Å². The molecule has 26 heavy (non-hydrogen) atoms. The van der Waals surface area contributed by atoms with Crippen LogP contribution in [-0.4, -0.2) is 17.6 Å². The van der Waals surface area contributed by atoms with Crippen LogP contribution in [0.15, 0.2) is 53.9 Å². The third kappa shape index (κ3) is 3.77. The van der Waals surface area contributed by atoms with Crippen LogP contribution >= 0.6 is 11.3 Å². The highest BCUT2D eigenvalue weighted by molar-refractivity contribution is 7.11. The molecule has 0 saturated carbocycles. The van der Waals surface area contributed by atoms with Gasteiger partial charge in [0.2, 0.25) is 5.01 Å². The molecule has 3 nitrogen and oxygen atoms in total. The van der Waals surface area contributed by atoms with Crippen molar-refractivity contribution in [3.63, 3.8) is 0 Å². The van der Waals surface area contributed by atoms with Gasteiger partial charge in [0.1, 0.15) is 0 Å². The first-order valence-corrected chi connectivity index (χ1v) is 8.68. The van der Waals surface area contributed by atoms with Crippen molar-refractivity contribution in [3.8, 4) is 22.4 Å². The Morgan fingerprint density at radius 1 is 1.12 bits per heavy atom. The normalized spacial score (nSPS) is 11.4. The summed E-state index contributed by atoms with van der Waals surface area (Å²) < 4.78 is 44.7. The standard InChI is InChI=1S/C19H14F3NO2S/c1-2-25-18(24)17-23-16(11-26-17)13-7-5-6-12(10-13)14-8-3-4-9-15(14)19(20,21)22/h3-11H,2H2,1H3. The van der Waals surface area contributed by atoms with Crippen LogP contribution in [0.4, 0.5) is 13.2 Å². The molecule has 0 aliphatic carbocycles. The molecule has 0 N–H and O–H groups in total. The number of hydrogen-bond donors (Lipinski definition) is 0. The summed E-state index contributed by atoms with van der Waals surface area (Å²) in [5, 5.41) is 1.89. The first-order chi connectivity index (χ1) is 12.4. The van der Waals surface area contributed by atoms with E-state index in [4.69, 9.17) is 4.74 Å². The van der Waals surface area contributed by atoms with Gasteiger partial charge in [-0.3, -0.25) is 0 Å². The quantitative estimate of drug-likeness (QED) is 0.550. The van der Waals surface area contributed by atoms with E-state index in [1.165, 1.54) is 12.1 Å². The number of alkyl halides is 3. The van der Waals surface area contributed by atoms with Gasteiger partial charge < -0.3 is 4.74 Å². The lowest BCUT2D eigenvalue weighted by atomic mass is 9.97. The van der Waals surface area contributed by atoms with Gasteiger partial charge in [-0.15, -0.1) is 11.3 Å². The van der Waals surface area contributed by atoms with Crippen molar-refractivity contribution in [1.82, 2.24) is 4.98 Å². The van der Waals surface area contributed by atoms with Crippen molar-refractivity contribution in [2.24, 2.45) is 0 Å². The summed E-state index contributed by atoms with van der Waals surface area (Å²) in [4.78, 5) is 16.0. The number of esters is 1. The van der Waals surface area contributed by atoms with E-state index in [0.717, 1.165) is 17.4 Å². The van der Waals surface area contributed by atoms with E-state index in [2.05, 4.69) is 4.98 Å². The van der Waals surface area contributed by atoms with E-state index in [9.17, 15) is 18.0 Å². The van der Waals surface area contributed by atoms with Crippen LogP contribution in [0.5, 0.6) is 0 Å². The summed E-state index contributed by atoms with van der Waals surface area (Å²) in [5.74, 6) is -0.512. The zero-order valence-corrected chi connectivity index (χ0v) is 14.5. The number of aromatic nitrogens is 1. The van der Waals surface area contributed by atoms with Crippen molar-refractivity contribution < 1.29 is 22.7 Å². The Kier molecular flexibility index (Phi) is 5.08. The molecule has 0 unspecified atom stereocenters. The Morgan fingerprint density at radius 3 is 2.58 bits per heavy atom. The van der Waals surface area contributed by atoms with Crippen LogP contribution in [0.3, 0.4) is 0 Å². The maximum Gasteiger partial charge on any atom is 0.417 e. The monoisotopic (exact) mass is 377 g/mol. The van der Waals surface area contributed by atoms with Crippen LogP contribution in [0.2, 0.25) is 0 Å². The van der Waals surface area contributed by atoms with Crippen LogP contribution in [0.1, 0.15) is 22.3 Å². The molecule has 0 spiro atoms. The minimum atomic E-state index is -4.44. The van der Waals surface area contributed by atoms with Gasteiger partial charge >= 0.3 is 12.1 Å². The van der Waals surface area contributed by atoms with Gasteiger partial charge in [-0.25, -0.2) is 9.78 Å². The molecule has 134 valence electrons. The lowest BCUT2D eigenvalue weighted by molar-refractivity contribution is -0.137. The Hall–Kier alpha value is -2.67. The zero-order chi connectivity index (χ0) is 18.7. The molecule has 1 aromatic heterocycles. The number of hydrogen-bond acceptors (Lipinski definition) is 4. The van der Waals surface area contributed by atoms with E-state index in [0.29, 0.717) is 16.8 Å². The first-order valence-electron chi connectivity index (χ1n) is 7.80. The predicted octanol–water partition coefficient (Wildman–Crippen LogP) is 5.67. The topological polar surface area (TPSA) is 39.2 Å². The molecule has 0 atom stereocenters. The molecular weight excluding hydrogens is 363 g/mol. The van der Waals surface area contributed by atoms with Gasteiger partial charge in [-0.1, -0.05) is 36.4 Å². The second-order valence-corrected chi connectivity index (χ2v) is 6.24. The highest BCUT2D eigenvalue weighted by Gasteiger charge is 2.33. The molecular formula is C19H14F3NO2S. The fourth-order valence-electron chi connectivity index (χ4n) is 2.52. The molecule has 0 amide bonds. The molecule has 0 radical (unpaired) electrons. The lowest BCUT2D eigenvalue weighted by Gasteiger charge is -2.13. The third-order valence-electron chi connectivity index (χ3n) is 3.66. The first kappa shape index (κ1) is 18.1. The Morgan fingerprint density at radius 2 is 1.85 bits per heavy atom. The van der Waals surface area contributed by atoms with E-state index < -0.39 is 17.7 Å². The summed E-state index contributed by atoms with van der Waals surface area (Å²) >= 11 is 1.14. The fourth-order valence-corrected chi connectivity index (χ4v) is 3.24. The Bertz CT molecular complexity index is 934. The molecule has 3 rings (SSSR count). The molecule has 0 aliphatic rings. The highest BCUT2D eigenvalue weighted by atomic mass is 32.1. The number of carbonyl (C=O) groups excluding carboxylic acids is 1. The second-order valence-electron chi connectivity index (χ2n) is 5.38. The number of rotatable bonds is 4. The van der Waals surface area contributed by atoms with Crippen LogP contribution < -0.4 is 0 Å². The van der Waals surface area contributed by atoms with Crippen LogP contribution in [0.25, 0.3) is 22.4 Å². The molecule has 0 saturated heterocycles. The maximum atomic E-state index is 13.3. The van der Waals surface area contributed by atoms with Gasteiger partial charge in [0.05, 0.1) is 17.9 Å². The number of thiazole rings is 1. The summed E-state index contributed by atoms with van der Waals surface area (Å²) in [6.07, 6.45) is -4.44. The molecule has 1 heterocycles. The number of ether oxygens (including phenoxy) is 1.